The van der Waals surface area contributed by atoms with Gasteiger partial charge >= 0.3 is 0 Å². The first-order chi connectivity index (χ1) is 14.9. The third-order valence-corrected chi connectivity index (χ3v) is 6.49. The largest absolute Gasteiger partial charge is 0.346 e. The second kappa shape index (κ2) is 8.47. The lowest BCUT2D eigenvalue weighted by molar-refractivity contribution is 0.563. The van der Waals surface area contributed by atoms with Crippen LogP contribution in [0.15, 0.2) is 60.9 Å². The van der Waals surface area contributed by atoms with Crippen LogP contribution in [0.2, 0.25) is 0 Å². The Morgan fingerprint density at radius 1 is 1.06 bits per heavy atom. The van der Waals surface area contributed by atoms with Crippen LogP contribution < -0.4 is 4.72 Å². The third kappa shape index (κ3) is 4.44. The summed E-state index contributed by atoms with van der Waals surface area (Å²) in [4.78, 5) is 7.44. The molecule has 2 aromatic carbocycles. The number of pyridine rings is 1. The summed E-state index contributed by atoms with van der Waals surface area (Å²) in [5.74, 6) is -1.80. The standard InChI is InChI=1S/C23H21F2N3O2S/c1-2-10-31(29,30)28-21-9-8-20(24)19(22(21)25)12-17-14-27-23-18(17)11-16(13-26-23)15-6-4-3-5-7-15/h3-9,11,13-14,28H,2,10,12H2,1H3,(H,26,27). The quantitative estimate of drug-likeness (QED) is 0.411. The number of halogens is 2. The molecule has 4 rings (SSSR count). The van der Waals surface area contributed by atoms with Crippen molar-refractivity contribution in [3.05, 3.63) is 83.7 Å². The lowest BCUT2D eigenvalue weighted by Crippen LogP contribution is -2.17. The number of anilines is 1. The highest BCUT2D eigenvalue weighted by Gasteiger charge is 2.19. The van der Waals surface area contributed by atoms with Crippen LogP contribution in [0, 0.1) is 11.6 Å². The van der Waals surface area contributed by atoms with E-state index in [1.165, 1.54) is 0 Å². The number of H-pyrrole nitrogens is 1. The van der Waals surface area contributed by atoms with E-state index >= 15 is 4.39 Å². The van der Waals surface area contributed by atoms with E-state index in [1.54, 1.807) is 19.3 Å². The Morgan fingerprint density at radius 3 is 2.58 bits per heavy atom. The van der Waals surface area contributed by atoms with Crippen molar-refractivity contribution in [1.29, 1.82) is 0 Å². The van der Waals surface area contributed by atoms with Gasteiger partial charge in [0.25, 0.3) is 0 Å². The van der Waals surface area contributed by atoms with Crippen LogP contribution >= 0.6 is 0 Å². The van der Waals surface area contributed by atoms with Gasteiger partial charge in [-0.1, -0.05) is 37.3 Å². The number of sulfonamides is 1. The van der Waals surface area contributed by atoms with Crippen LogP contribution in [-0.2, 0) is 16.4 Å². The molecule has 0 radical (unpaired) electrons. The lowest BCUT2D eigenvalue weighted by Gasteiger charge is -2.12. The Morgan fingerprint density at radius 2 is 1.84 bits per heavy atom. The minimum absolute atomic E-state index is 0.0546. The number of nitrogens with zero attached hydrogens (tertiary/aromatic N) is 1. The number of fused-ring (bicyclic) bond motifs is 1. The van der Waals surface area contributed by atoms with E-state index in [0.29, 0.717) is 17.6 Å². The monoisotopic (exact) mass is 441 g/mol. The first-order valence-electron chi connectivity index (χ1n) is 9.86. The van der Waals surface area contributed by atoms with Crippen LogP contribution in [0.4, 0.5) is 14.5 Å². The molecular formula is C23H21F2N3O2S. The van der Waals surface area contributed by atoms with Crippen molar-refractivity contribution in [3.8, 4) is 11.1 Å². The molecule has 0 aliphatic rings. The fourth-order valence-corrected chi connectivity index (χ4v) is 4.64. The molecule has 160 valence electrons. The molecule has 2 aromatic heterocycles. The number of nitrogens with one attached hydrogen (secondary N) is 2. The number of aromatic nitrogens is 2. The van der Waals surface area contributed by atoms with Gasteiger partial charge in [0.2, 0.25) is 10.0 Å². The van der Waals surface area contributed by atoms with Gasteiger partial charge in [-0.15, -0.1) is 0 Å². The SMILES string of the molecule is CCCS(=O)(=O)Nc1ccc(F)c(Cc2c[nH]c3ncc(-c4ccccc4)cc23)c1F. The molecule has 8 heteroatoms. The molecule has 0 aliphatic carbocycles. The van der Waals surface area contributed by atoms with E-state index in [1.807, 2.05) is 36.4 Å². The molecule has 2 N–H and O–H groups in total. The number of hydrogen-bond donors (Lipinski definition) is 2. The molecule has 0 spiro atoms. The zero-order chi connectivity index (χ0) is 22.0. The number of hydrogen-bond acceptors (Lipinski definition) is 3. The van der Waals surface area contributed by atoms with Gasteiger partial charge in [0.05, 0.1) is 11.4 Å². The summed E-state index contributed by atoms with van der Waals surface area (Å²) in [5, 5.41) is 0.747. The first kappa shape index (κ1) is 21.0. The smallest absolute Gasteiger partial charge is 0.232 e. The highest BCUT2D eigenvalue weighted by molar-refractivity contribution is 7.92. The molecule has 0 atom stereocenters. The minimum Gasteiger partial charge on any atom is -0.346 e. The van der Waals surface area contributed by atoms with E-state index in [-0.39, 0.29) is 23.4 Å². The van der Waals surface area contributed by atoms with Gasteiger partial charge in [-0.25, -0.2) is 22.2 Å². The zero-order valence-corrected chi connectivity index (χ0v) is 17.6. The van der Waals surface area contributed by atoms with Gasteiger partial charge < -0.3 is 4.98 Å². The van der Waals surface area contributed by atoms with Crippen molar-refractivity contribution in [2.45, 2.75) is 19.8 Å². The zero-order valence-electron chi connectivity index (χ0n) is 16.8. The van der Waals surface area contributed by atoms with Crippen molar-refractivity contribution in [2.75, 3.05) is 10.5 Å². The van der Waals surface area contributed by atoms with Crippen LogP contribution in [0.3, 0.4) is 0 Å². The Kier molecular flexibility index (Phi) is 5.73. The summed E-state index contributed by atoms with van der Waals surface area (Å²) in [5.41, 5.74) is 2.67. The van der Waals surface area contributed by atoms with Gasteiger partial charge in [-0.05, 0) is 35.7 Å². The second-order valence-corrected chi connectivity index (χ2v) is 9.13. The lowest BCUT2D eigenvalue weighted by atomic mass is 10.0. The summed E-state index contributed by atoms with van der Waals surface area (Å²) in [6.07, 6.45) is 3.74. The van der Waals surface area contributed by atoms with Gasteiger partial charge in [-0.2, -0.15) is 0 Å². The molecule has 0 bridgehead atoms. The molecule has 0 fully saturated rings. The van der Waals surface area contributed by atoms with Gasteiger partial charge in [0, 0.05) is 35.3 Å². The van der Waals surface area contributed by atoms with E-state index in [2.05, 4.69) is 14.7 Å². The molecule has 31 heavy (non-hydrogen) atoms. The van der Waals surface area contributed by atoms with Gasteiger partial charge in [0.15, 0.2) is 5.82 Å². The Labute approximate surface area is 179 Å². The minimum atomic E-state index is -3.70. The Bertz CT molecular complexity index is 1340. The predicted octanol–water partition coefficient (Wildman–Crippen LogP) is 5.25. The topological polar surface area (TPSA) is 74.8 Å². The third-order valence-electron chi connectivity index (χ3n) is 5.02. The van der Waals surface area contributed by atoms with Crippen LogP contribution in [-0.4, -0.2) is 24.1 Å². The molecule has 0 saturated carbocycles. The molecule has 0 amide bonds. The first-order valence-corrected chi connectivity index (χ1v) is 11.5. The molecule has 4 aromatic rings. The summed E-state index contributed by atoms with van der Waals surface area (Å²) < 4.78 is 55.8. The second-order valence-electron chi connectivity index (χ2n) is 7.29. The predicted molar refractivity (Wildman–Crippen MR) is 118 cm³/mol. The summed E-state index contributed by atoms with van der Waals surface area (Å²) in [6, 6.07) is 13.8. The molecular weight excluding hydrogens is 420 g/mol. The van der Waals surface area contributed by atoms with Crippen LogP contribution in [0.1, 0.15) is 24.5 Å². The number of aromatic amines is 1. The summed E-state index contributed by atoms with van der Waals surface area (Å²) in [7, 11) is -3.70. The normalized spacial score (nSPS) is 11.7. The molecule has 0 saturated heterocycles. The fraction of sp³-hybridized carbons (Fsp3) is 0.174. The fourth-order valence-electron chi connectivity index (χ4n) is 3.51. The van der Waals surface area contributed by atoms with Gasteiger partial charge in [-0.3, -0.25) is 4.72 Å². The number of rotatable bonds is 7. The average Bonchev–Trinajstić information content (AvgIpc) is 3.16. The molecule has 5 nitrogen and oxygen atoms in total. The highest BCUT2D eigenvalue weighted by Crippen LogP contribution is 2.29. The molecule has 0 aliphatic heterocycles. The van der Waals surface area contributed by atoms with E-state index < -0.39 is 21.7 Å². The van der Waals surface area contributed by atoms with Crippen LogP contribution in [0.5, 0.6) is 0 Å². The van der Waals surface area contributed by atoms with Gasteiger partial charge in [0.1, 0.15) is 11.5 Å². The van der Waals surface area contributed by atoms with Crippen molar-refractivity contribution in [1.82, 2.24) is 9.97 Å². The Balaban J connectivity index is 1.71. The van der Waals surface area contributed by atoms with E-state index in [9.17, 15) is 12.8 Å². The summed E-state index contributed by atoms with van der Waals surface area (Å²) in [6.45, 7) is 1.71. The maximum absolute atomic E-state index is 15.0. The summed E-state index contributed by atoms with van der Waals surface area (Å²) >= 11 is 0. The number of benzene rings is 2. The maximum Gasteiger partial charge on any atom is 0.232 e. The highest BCUT2D eigenvalue weighted by atomic mass is 32.2. The van der Waals surface area contributed by atoms with E-state index in [0.717, 1.165) is 28.6 Å². The van der Waals surface area contributed by atoms with Crippen LogP contribution in [0.25, 0.3) is 22.2 Å². The van der Waals surface area contributed by atoms with E-state index in [4.69, 9.17) is 0 Å². The Hall–Kier alpha value is -3.26. The molecule has 2 heterocycles. The molecule has 0 unspecified atom stereocenters. The van der Waals surface area contributed by atoms with Crippen molar-refractivity contribution in [3.63, 3.8) is 0 Å². The van der Waals surface area contributed by atoms with Crippen molar-refractivity contribution in [2.24, 2.45) is 0 Å². The van der Waals surface area contributed by atoms with Crippen molar-refractivity contribution >= 4 is 26.7 Å². The average molecular weight is 442 g/mol. The maximum atomic E-state index is 15.0. The van der Waals surface area contributed by atoms with Crippen molar-refractivity contribution < 1.29 is 17.2 Å².